The molecule has 3 heterocycles. The summed E-state index contributed by atoms with van der Waals surface area (Å²) in [5.41, 5.74) is 1.85. The number of nitrogens with zero attached hydrogens (tertiary/aromatic N) is 3. The first kappa shape index (κ1) is 19.4. The molecule has 0 spiro atoms. The first-order chi connectivity index (χ1) is 13.5. The average Bonchev–Trinajstić information content (AvgIpc) is 3.34. The second-order valence-electron chi connectivity index (χ2n) is 6.82. The zero-order chi connectivity index (χ0) is 19.7. The van der Waals surface area contributed by atoms with Gasteiger partial charge in [-0.2, -0.15) is 4.31 Å². The summed E-state index contributed by atoms with van der Waals surface area (Å²) in [6.45, 7) is 5.07. The lowest BCUT2D eigenvalue weighted by atomic mass is 10.3. The minimum absolute atomic E-state index is 0.448. The van der Waals surface area contributed by atoms with Crippen LogP contribution in [0.5, 0.6) is 5.75 Å². The molecule has 0 saturated carbocycles. The second kappa shape index (κ2) is 7.82. The Balaban J connectivity index is 1.40. The van der Waals surface area contributed by atoms with Crippen molar-refractivity contribution in [3.05, 3.63) is 41.0 Å². The van der Waals surface area contributed by atoms with Crippen LogP contribution in [0.3, 0.4) is 0 Å². The van der Waals surface area contributed by atoms with Gasteiger partial charge in [-0.25, -0.2) is 13.4 Å². The van der Waals surface area contributed by atoms with Crippen molar-refractivity contribution < 1.29 is 13.2 Å². The smallest absolute Gasteiger partial charge is 0.252 e. The SMILES string of the molecule is CCc1ccc(S(=O)(=O)N2CCN(Cc3nc4ccc(OC)cc4[nH]3)CC2)s1. The molecule has 0 atom stereocenters. The number of imidazole rings is 1. The van der Waals surface area contributed by atoms with Gasteiger partial charge in [-0.3, -0.25) is 4.90 Å². The number of aromatic nitrogens is 2. The lowest BCUT2D eigenvalue weighted by molar-refractivity contribution is 0.179. The topological polar surface area (TPSA) is 78.5 Å². The monoisotopic (exact) mass is 420 g/mol. The average molecular weight is 421 g/mol. The minimum Gasteiger partial charge on any atom is -0.497 e. The van der Waals surface area contributed by atoms with E-state index in [9.17, 15) is 8.42 Å². The quantitative estimate of drug-likeness (QED) is 0.663. The maximum atomic E-state index is 12.8. The number of aryl methyl sites for hydroxylation is 1. The first-order valence-corrected chi connectivity index (χ1v) is 11.6. The molecule has 1 aliphatic rings. The Morgan fingerprint density at radius 1 is 1.18 bits per heavy atom. The summed E-state index contributed by atoms with van der Waals surface area (Å²) < 4.78 is 33.0. The number of ether oxygens (including phenoxy) is 1. The molecule has 0 aliphatic carbocycles. The van der Waals surface area contributed by atoms with Crippen molar-refractivity contribution in [1.82, 2.24) is 19.2 Å². The van der Waals surface area contributed by atoms with E-state index in [-0.39, 0.29) is 0 Å². The van der Waals surface area contributed by atoms with Crippen LogP contribution < -0.4 is 4.74 Å². The normalized spacial score (nSPS) is 16.6. The number of thiophene rings is 1. The summed E-state index contributed by atoms with van der Waals surface area (Å²) in [5, 5.41) is 0. The van der Waals surface area contributed by atoms with E-state index < -0.39 is 10.0 Å². The van der Waals surface area contributed by atoms with Gasteiger partial charge in [0, 0.05) is 37.1 Å². The molecule has 150 valence electrons. The Morgan fingerprint density at radius 2 is 1.96 bits per heavy atom. The van der Waals surface area contributed by atoms with Crippen LogP contribution in [0.25, 0.3) is 11.0 Å². The van der Waals surface area contributed by atoms with Crippen LogP contribution in [0.1, 0.15) is 17.6 Å². The summed E-state index contributed by atoms with van der Waals surface area (Å²) in [5.74, 6) is 1.67. The van der Waals surface area contributed by atoms with E-state index in [4.69, 9.17) is 4.74 Å². The number of benzene rings is 1. The van der Waals surface area contributed by atoms with Gasteiger partial charge >= 0.3 is 0 Å². The lowest BCUT2D eigenvalue weighted by Gasteiger charge is -2.33. The summed E-state index contributed by atoms with van der Waals surface area (Å²) in [7, 11) is -1.74. The Hall–Kier alpha value is -1.94. The van der Waals surface area contributed by atoms with Gasteiger partial charge in [-0.1, -0.05) is 6.92 Å². The lowest BCUT2D eigenvalue weighted by Crippen LogP contribution is -2.48. The Labute approximate surface area is 169 Å². The molecule has 0 unspecified atom stereocenters. The van der Waals surface area contributed by atoms with E-state index in [0.717, 1.165) is 33.9 Å². The highest BCUT2D eigenvalue weighted by Gasteiger charge is 2.29. The zero-order valence-corrected chi connectivity index (χ0v) is 17.6. The molecule has 1 N–H and O–H groups in total. The van der Waals surface area contributed by atoms with E-state index in [0.29, 0.717) is 36.9 Å². The molecule has 9 heteroatoms. The molecule has 3 aromatic rings. The molecule has 7 nitrogen and oxygen atoms in total. The van der Waals surface area contributed by atoms with E-state index in [1.807, 2.05) is 31.2 Å². The van der Waals surface area contributed by atoms with Crippen LogP contribution in [-0.4, -0.2) is 60.9 Å². The van der Waals surface area contributed by atoms with Gasteiger partial charge in [-0.15, -0.1) is 11.3 Å². The third-order valence-corrected chi connectivity index (χ3v) is 8.62. The van der Waals surface area contributed by atoms with Crippen molar-refractivity contribution in [2.45, 2.75) is 24.1 Å². The molecule has 1 saturated heterocycles. The van der Waals surface area contributed by atoms with Gasteiger partial charge in [0.25, 0.3) is 10.0 Å². The highest BCUT2D eigenvalue weighted by molar-refractivity contribution is 7.91. The van der Waals surface area contributed by atoms with Gasteiger partial charge in [0.15, 0.2) is 0 Å². The Kier molecular flexibility index (Phi) is 5.42. The fraction of sp³-hybridized carbons (Fsp3) is 0.421. The van der Waals surface area contributed by atoms with Gasteiger partial charge < -0.3 is 9.72 Å². The molecule has 0 radical (unpaired) electrons. The molecular weight excluding hydrogens is 396 g/mol. The maximum absolute atomic E-state index is 12.8. The van der Waals surface area contributed by atoms with Crippen LogP contribution in [0, 0.1) is 0 Å². The van der Waals surface area contributed by atoms with Crippen LogP contribution in [0.15, 0.2) is 34.5 Å². The number of sulfonamides is 1. The molecule has 0 amide bonds. The van der Waals surface area contributed by atoms with Gasteiger partial charge in [0.05, 0.1) is 24.7 Å². The van der Waals surface area contributed by atoms with Crippen LogP contribution in [-0.2, 0) is 23.0 Å². The number of rotatable bonds is 6. The highest BCUT2D eigenvalue weighted by atomic mass is 32.2. The zero-order valence-electron chi connectivity index (χ0n) is 16.0. The number of piperazine rings is 1. The van der Waals surface area contributed by atoms with Crippen molar-refractivity contribution in [3.8, 4) is 5.75 Å². The summed E-state index contributed by atoms with van der Waals surface area (Å²) in [4.78, 5) is 11.3. The molecule has 28 heavy (non-hydrogen) atoms. The standard InChI is InChI=1S/C19H24N4O3S2/c1-3-15-5-7-19(27-15)28(24,25)23-10-8-22(9-11-23)13-18-20-16-6-4-14(26-2)12-17(16)21-18/h4-7,12H,3,8-11,13H2,1-2H3,(H,20,21). The van der Waals surface area contributed by atoms with Crippen LogP contribution in [0.2, 0.25) is 0 Å². The van der Waals surface area contributed by atoms with Crippen LogP contribution >= 0.6 is 11.3 Å². The van der Waals surface area contributed by atoms with Crippen molar-refractivity contribution in [3.63, 3.8) is 0 Å². The molecule has 2 aromatic heterocycles. The fourth-order valence-corrected chi connectivity index (χ4v) is 6.27. The maximum Gasteiger partial charge on any atom is 0.252 e. The van der Waals surface area contributed by atoms with Crippen molar-refractivity contribution in [2.75, 3.05) is 33.3 Å². The minimum atomic E-state index is -3.39. The summed E-state index contributed by atoms with van der Waals surface area (Å²) in [6.07, 6.45) is 0.858. The number of H-pyrrole nitrogens is 1. The van der Waals surface area contributed by atoms with E-state index >= 15 is 0 Å². The van der Waals surface area contributed by atoms with Crippen molar-refractivity contribution in [2.24, 2.45) is 0 Å². The molecule has 1 fully saturated rings. The summed E-state index contributed by atoms with van der Waals surface area (Å²) >= 11 is 1.37. The van der Waals surface area contributed by atoms with E-state index in [1.54, 1.807) is 17.5 Å². The Morgan fingerprint density at radius 3 is 2.64 bits per heavy atom. The fourth-order valence-electron chi connectivity index (χ4n) is 3.40. The number of methoxy groups -OCH3 is 1. The predicted molar refractivity (Wildman–Crippen MR) is 110 cm³/mol. The predicted octanol–water partition coefficient (Wildman–Crippen LogP) is 2.70. The number of hydrogen-bond donors (Lipinski definition) is 1. The Bertz CT molecular complexity index is 1070. The molecule has 1 aliphatic heterocycles. The van der Waals surface area contributed by atoms with Gasteiger partial charge in [-0.05, 0) is 30.7 Å². The van der Waals surface area contributed by atoms with Gasteiger partial charge in [0.1, 0.15) is 15.8 Å². The molecule has 1 aromatic carbocycles. The highest BCUT2D eigenvalue weighted by Crippen LogP contribution is 2.26. The van der Waals surface area contributed by atoms with Crippen molar-refractivity contribution in [1.29, 1.82) is 0 Å². The van der Waals surface area contributed by atoms with E-state index in [1.165, 1.54) is 11.3 Å². The number of hydrogen-bond acceptors (Lipinski definition) is 6. The number of fused-ring (bicyclic) bond motifs is 1. The molecular formula is C19H24N4O3S2. The third kappa shape index (κ3) is 3.80. The largest absolute Gasteiger partial charge is 0.497 e. The van der Waals surface area contributed by atoms with Crippen molar-refractivity contribution >= 4 is 32.4 Å². The van der Waals surface area contributed by atoms with E-state index in [2.05, 4.69) is 14.9 Å². The van der Waals surface area contributed by atoms with Crippen LogP contribution in [0.4, 0.5) is 0 Å². The number of nitrogens with one attached hydrogen (secondary N) is 1. The second-order valence-corrected chi connectivity index (χ2v) is 10.2. The first-order valence-electron chi connectivity index (χ1n) is 9.33. The molecule has 0 bridgehead atoms. The molecule has 4 rings (SSSR count). The van der Waals surface area contributed by atoms with Gasteiger partial charge in [0.2, 0.25) is 0 Å². The third-order valence-electron chi connectivity index (χ3n) is 5.02. The number of aromatic amines is 1. The summed E-state index contributed by atoms with van der Waals surface area (Å²) in [6, 6.07) is 9.40.